The van der Waals surface area contributed by atoms with Gasteiger partial charge in [0, 0.05) is 43.8 Å². The summed E-state index contributed by atoms with van der Waals surface area (Å²) in [5, 5.41) is 10.5. The predicted octanol–water partition coefficient (Wildman–Crippen LogP) is 4.86. The number of unbranched alkanes of at least 4 members (excludes halogenated alkanes) is 3. The van der Waals surface area contributed by atoms with Gasteiger partial charge >= 0.3 is 0 Å². The Labute approximate surface area is 277 Å². The zero-order valence-electron chi connectivity index (χ0n) is 30.2. The van der Waals surface area contributed by atoms with Gasteiger partial charge in [0.2, 0.25) is 29.0 Å². The summed E-state index contributed by atoms with van der Waals surface area (Å²) in [6.45, 7) is 29.6. The molecule has 1 aromatic heterocycles. The summed E-state index contributed by atoms with van der Waals surface area (Å²) in [6, 6.07) is 0. The summed E-state index contributed by atoms with van der Waals surface area (Å²) in [5.74, 6) is 0.953. The van der Waals surface area contributed by atoms with Crippen molar-refractivity contribution in [2.75, 3.05) is 42.9 Å². The van der Waals surface area contributed by atoms with Crippen LogP contribution in [0, 0.1) is 0 Å². The number of hydrogen-bond acceptors (Lipinski definition) is 9. The number of nitrogens with zero attached hydrogens (tertiary/aromatic N) is 6. The summed E-state index contributed by atoms with van der Waals surface area (Å²) in [6.07, 6.45) is 4.31. The standard InChI is InChI=1S/C33H60ClN9O2/c1-14-15-16-17-18-43(31(8,9)22-42-21-30(6,7)40-33(12,13)24(42)45)27-36-25(34)35-26(37-27)38-28(2,3)19-41-20-29(4,5)39-32(10,11)23(41)44/h39-40H,14-22H2,1-13H3,(H,35,36,37,38). The van der Waals surface area contributed by atoms with E-state index in [1.807, 2.05) is 51.3 Å². The van der Waals surface area contributed by atoms with Crippen LogP contribution in [0.3, 0.4) is 0 Å². The van der Waals surface area contributed by atoms with Crippen LogP contribution < -0.4 is 20.9 Å². The third-order valence-corrected chi connectivity index (χ3v) is 8.70. The van der Waals surface area contributed by atoms with E-state index in [1.54, 1.807) is 0 Å². The highest BCUT2D eigenvalue weighted by Gasteiger charge is 2.46. The topological polar surface area (TPSA) is 119 Å². The second kappa shape index (κ2) is 13.1. The molecular weight excluding hydrogens is 590 g/mol. The molecule has 256 valence electrons. The number of hydrogen-bond donors (Lipinski definition) is 3. The Morgan fingerprint density at radius 1 is 0.800 bits per heavy atom. The van der Waals surface area contributed by atoms with Gasteiger partial charge in [0.15, 0.2) is 0 Å². The fourth-order valence-corrected chi connectivity index (χ4v) is 7.44. The summed E-state index contributed by atoms with van der Waals surface area (Å²) >= 11 is 6.56. The van der Waals surface area contributed by atoms with Gasteiger partial charge in [-0.15, -0.1) is 0 Å². The molecule has 2 aliphatic heterocycles. The van der Waals surface area contributed by atoms with Crippen molar-refractivity contribution in [3.05, 3.63) is 5.28 Å². The molecule has 2 aliphatic rings. The van der Waals surface area contributed by atoms with Gasteiger partial charge in [-0.25, -0.2) is 0 Å². The fraction of sp³-hybridized carbons (Fsp3) is 0.848. The van der Waals surface area contributed by atoms with Crippen molar-refractivity contribution in [3.63, 3.8) is 0 Å². The average Bonchev–Trinajstić information content (AvgIpc) is 2.82. The SMILES string of the molecule is CCCCCCN(c1nc(Cl)nc(NC(C)(C)CN2CC(C)(C)NC(C)(C)C2=O)n1)C(C)(C)CN1CC(C)(C)NC(C)(C)C1=O. The first kappa shape index (κ1) is 37.2. The van der Waals surface area contributed by atoms with Crippen LogP contribution in [0.15, 0.2) is 0 Å². The van der Waals surface area contributed by atoms with Crippen LogP contribution in [0.1, 0.15) is 116 Å². The molecule has 12 heteroatoms. The van der Waals surface area contributed by atoms with Gasteiger partial charge < -0.3 is 20.0 Å². The minimum atomic E-state index is -0.667. The van der Waals surface area contributed by atoms with E-state index in [2.05, 4.69) is 79.3 Å². The molecule has 0 bridgehead atoms. The van der Waals surface area contributed by atoms with Crippen LogP contribution in [0.5, 0.6) is 0 Å². The Balaban J connectivity index is 1.90. The van der Waals surface area contributed by atoms with Crippen molar-refractivity contribution in [1.82, 2.24) is 35.4 Å². The molecule has 0 unspecified atom stereocenters. The van der Waals surface area contributed by atoms with Crippen LogP contribution in [-0.4, -0.2) is 103 Å². The number of aromatic nitrogens is 3. The van der Waals surface area contributed by atoms with Gasteiger partial charge in [-0.3, -0.25) is 20.2 Å². The number of rotatable bonds is 13. The Morgan fingerprint density at radius 2 is 1.31 bits per heavy atom. The minimum absolute atomic E-state index is 0.0555. The number of piperazine rings is 2. The maximum atomic E-state index is 13.5. The van der Waals surface area contributed by atoms with Crippen LogP contribution >= 0.6 is 11.6 Å². The smallest absolute Gasteiger partial charge is 0.242 e. The first-order chi connectivity index (χ1) is 20.4. The van der Waals surface area contributed by atoms with Crippen LogP contribution in [0.4, 0.5) is 11.9 Å². The lowest BCUT2D eigenvalue weighted by Gasteiger charge is -2.50. The van der Waals surface area contributed by atoms with Crippen molar-refractivity contribution in [2.24, 2.45) is 0 Å². The number of nitrogens with one attached hydrogen (secondary N) is 3. The van der Waals surface area contributed by atoms with E-state index < -0.39 is 22.2 Å². The number of anilines is 2. The molecule has 2 amide bonds. The molecule has 45 heavy (non-hydrogen) atoms. The van der Waals surface area contributed by atoms with Crippen molar-refractivity contribution >= 4 is 35.3 Å². The molecule has 2 fully saturated rings. The number of halogens is 1. The molecule has 11 nitrogen and oxygen atoms in total. The van der Waals surface area contributed by atoms with Gasteiger partial charge in [0.05, 0.1) is 22.2 Å². The summed E-state index contributed by atoms with van der Waals surface area (Å²) in [5.41, 5.74) is -2.85. The molecule has 3 rings (SSSR count). The van der Waals surface area contributed by atoms with Gasteiger partial charge in [-0.1, -0.05) is 26.2 Å². The molecule has 3 heterocycles. The van der Waals surface area contributed by atoms with Crippen molar-refractivity contribution in [1.29, 1.82) is 0 Å². The van der Waals surface area contributed by atoms with Crippen molar-refractivity contribution < 1.29 is 9.59 Å². The lowest BCUT2D eigenvalue weighted by atomic mass is 9.89. The van der Waals surface area contributed by atoms with Crippen molar-refractivity contribution in [3.8, 4) is 0 Å². The first-order valence-electron chi connectivity index (χ1n) is 16.5. The number of carbonyl (C=O) groups is 2. The van der Waals surface area contributed by atoms with Gasteiger partial charge in [-0.05, 0) is 101 Å². The molecule has 0 aromatic carbocycles. The highest BCUT2D eigenvalue weighted by molar-refractivity contribution is 6.28. The van der Waals surface area contributed by atoms with Crippen LogP contribution in [0.25, 0.3) is 0 Å². The minimum Gasteiger partial charge on any atom is -0.347 e. The molecule has 0 spiro atoms. The third-order valence-electron chi connectivity index (χ3n) is 8.54. The van der Waals surface area contributed by atoms with E-state index in [9.17, 15) is 9.59 Å². The Morgan fingerprint density at radius 3 is 1.82 bits per heavy atom. The van der Waals surface area contributed by atoms with Crippen molar-refractivity contribution in [2.45, 2.75) is 149 Å². The van der Waals surface area contributed by atoms with Crippen LogP contribution in [0.2, 0.25) is 5.28 Å². The molecule has 0 radical (unpaired) electrons. The lowest BCUT2D eigenvalue weighted by Crippen LogP contribution is -2.71. The quantitative estimate of drug-likeness (QED) is 0.258. The van der Waals surface area contributed by atoms with Gasteiger partial charge in [0.1, 0.15) is 0 Å². The Bertz CT molecular complexity index is 1230. The van der Waals surface area contributed by atoms with E-state index in [1.165, 1.54) is 0 Å². The van der Waals surface area contributed by atoms with Crippen LogP contribution in [-0.2, 0) is 9.59 Å². The van der Waals surface area contributed by atoms with Gasteiger partial charge in [-0.2, -0.15) is 15.0 Å². The molecule has 2 saturated heterocycles. The first-order valence-corrected chi connectivity index (χ1v) is 16.9. The number of amides is 2. The van der Waals surface area contributed by atoms with E-state index in [4.69, 9.17) is 16.6 Å². The normalized spacial score (nSPS) is 21.2. The zero-order chi connectivity index (χ0) is 34.2. The number of carbonyl (C=O) groups excluding carboxylic acids is 2. The highest BCUT2D eigenvalue weighted by atomic mass is 35.5. The average molecular weight is 650 g/mol. The summed E-state index contributed by atoms with van der Waals surface area (Å²) in [7, 11) is 0. The molecule has 0 aliphatic carbocycles. The maximum absolute atomic E-state index is 13.5. The molecule has 0 saturated carbocycles. The Kier molecular flexibility index (Phi) is 10.8. The Hall–Kier alpha value is -2.24. The monoisotopic (exact) mass is 649 g/mol. The van der Waals surface area contributed by atoms with E-state index >= 15 is 0 Å². The highest BCUT2D eigenvalue weighted by Crippen LogP contribution is 2.30. The molecule has 1 aromatic rings. The zero-order valence-corrected chi connectivity index (χ0v) is 31.0. The predicted molar refractivity (Wildman–Crippen MR) is 184 cm³/mol. The second-order valence-electron chi connectivity index (χ2n) is 16.9. The molecule has 0 atom stereocenters. The lowest BCUT2D eigenvalue weighted by molar-refractivity contribution is -0.144. The summed E-state index contributed by atoms with van der Waals surface area (Å²) in [4.78, 5) is 46.9. The molecule has 3 N–H and O–H groups in total. The molecular formula is C33H60ClN9O2. The third kappa shape index (κ3) is 9.64. The van der Waals surface area contributed by atoms with E-state index in [0.717, 1.165) is 25.7 Å². The van der Waals surface area contributed by atoms with E-state index in [0.29, 0.717) is 44.6 Å². The summed E-state index contributed by atoms with van der Waals surface area (Å²) < 4.78 is 0. The second-order valence-corrected chi connectivity index (χ2v) is 17.2. The fourth-order valence-electron chi connectivity index (χ4n) is 7.28. The van der Waals surface area contributed by atoms with Gasteiger partial charge in [0.25, 0.3) is 0 Å². The van der Waals surface area contributed by atoms with E-state index in [-0.39, 0.29) is 28.2 Å². The largest absolute Gasteiger partial charge is 0.347 e. The maximum Gasteiger partial charge on any atom is 0.242 e.